The second-order valence-electron chi connectivity index (χ2n) is 4.71. The summed E-state index contributed by atoms with van der Waals surface area (Å²) in [5, 5.41) is 37.6. The molecule has 2 aromatic carbocycles. The van der Waals surface area contributed by atoms with E-state index in [2.05, 4.69) is 0 Å². The van der Waals surface area contributed by atoms with Gasteiger partial charge in [0.15, 0.2) is 17.3 Å². The van der Waals surface area contributed by atoms with Gasteiger partial charge in [-0.25, -0.2) is 0 Å². The van der Waals surface area contributed by atoms with Crippen LogP contribution >= 0.6 is 0 Å². The van der Waals surface area contributed by atoms with Gasteiger partial charge in [0.25, 0.3) is 0 Å². The summed E-state index contributed by atoms with van der Waals surface area (Å²) in [7, 11) is 0. The molecule has 0 aliphatic heterocycles. The topological polar surface area (TPSA) is 102 Å². The van der Waals surface area contributed by atoms with E-state index in [4.69, 9.17) is 5.41 Å². The smallest absolute Gasteiger partial charge is 0.198 e. The maximum atomic E-state index is 12.4. The van der Waals surface area contributed by atoms with Crippen molar-refractivity contribution >= 4 is 11.5 Å². The van der Waals surface area contributed by atoms with E-state index in [1.54, 1.807) is 19.1 Å². The molecule has 3 rings (SSSR count). The maximum absolute atomic E-state index is 12.4. The Morgan fingerprint density at radius 1 is 0.900 bits per heavy atom. The molecule has 0 saturated heterocycles. The van der Waals surface area contributed by atoms with Gasteiger partial charge >= 0.3 is 0 Å². The molecule has 1 aliphatic rings. The Kier molecular flexibility index (Phi) is 2.34. The Morgan fingerprint density at radius 2 is 1.55 bits per heavy atom. The quantitative estimate of drug-likeness (QED) is 0.469. The monoisotopic (exact) mass is 269 g/mol. The van der Waals surface area contributed by atoms with E-state index in [-0.39, 0.29) is 39.5 Å². The lowest BCUT2D eigenvalue weighted by Gasteiger charge is -2.22. The van der Waals surface area contributed by atoms with E-state index < -0.39 is 11.5 Å². The highest BCUT2D eigenvalue weighted by Gasteiger charge is 2.33. The third kappa shape index (κ3) is 1.37. The van der Waals surface area contributed by atoms with Crippen molar-refractivity contribution in [3.05, 3.63) is 52.1 Å². The normalized spacial score (nSPS) is 13.1. The van der Waals surface area contributed by atoms with Crippen LogP contribution in [0.15, 0.2) is 24.3 Å². The number of aryl methyl sites for hydroxylation is 1. The minimum atomic E-state index is -0.494. The molecule has 0 unspecified atom stereocenters. The number of hydrogen-bond acceptors (Lipinski definition) is 5. The number of nitrogens with one attached hydrogen (secondary N) is 1. The highest BCUT2D eigenvalue weighted by molar-refractivity contribution is 6.31. The summed E-state index contributed by atoms with van der Waals surface area (Å²) in [6.45, 7) is 1.66. The van der Waals surface area contributed by atoms with E-state index in [0.29, 0.717) is 5.56 Å². The molecule has 5 nitrogen and oxygen atoms in total. The van der Waals surface area contributed by atoms with Crippen LogP contribution in [0.25, 0.3) is 0 Å². The maximum Gasteiger partial charge on any atom is 0.198 e. The fourth-order valence-corrected chi connectivity index (χ4v) is 2.43. The second kappa shape index (κ2) is 3.84. The lowest BCUT2D eigenvalue weighted by Crippen LogP contribution is -2.21. The molecular weight excluding hydrogens is 258 g/mol. The highest BCUT2D eigenvalue weighted by Crippen LogP contribution is 2.40. The van der Waals surface area contributed by atoms with Gasteiger partial charge in [-0.15, -0.1) is 0 Å². The lowest BCUT2D eigenvalue weighted by molar-refractivity contribution is 0.103. The van der Waals surface area contributed by atoms with Crippen molar-refractivity contribution in [2.24, 2.45) is 0 Å². The average molecular weight is 269 g/mol. The van der Waals surface area contributed by atoms with E-state index in [1.165, 1.54) is 12.1 Å². The van der Waals surface area contributed by atoms with E-state index >= 15 is 0 Å². The summed E-state index contributed by atoms with van der Waals surface area (Å²) < 4.78 is 0. The summed E-state index contributed by atoms with van der Waals surface area (Å²) in [6, 6.07) is 5.68. The van der Waals surface area contributed by atoms with Gasteiger partial charge in [0.05, 0.1) is 16.8 Å². The first-order valence-electron chi connectivity index (χ1n) is 5.95. The van der Waals surface area contributed by atoms with Crippen molar-refractivity contribution < 1.29 is 20.1 Å². The van der Waals surface area contributed by atoms with Crippen molar-refractivity contribution in [3.63, 3.8) is 0 Å². The summed E-state index contributed by atoms with van der Waals surface area (Å²) in [4.78, 5) is 12.4. The number of rotatable bonds is 0. The number of phenols is 3. The zero-order chi connectivity index (χ0) is 14.6. The predicted molar refractivity (Wildman–Crippen MR) is 72.0 cm³/mol. The molecule has 0 radical (unpaired) electrons. The number of carbonyl (C=O) groups excluding carboxylic acids is 1. The molecule has 4 N–H and O–H groups in total. The standard InChI is InChI=1S/C15H11NO4/c1-6-2-3-7-11(13(6)18)14(19)8-4-5-9(17)15(20)10(8)12(7)16/h2-5,16-18,20H,1H3. The van der Waals surface area contributed by atoms with Crippen molar-refractivity contribution in [2.75, 3.05) is 0 Å². The van der Waals surface area contributed by atoms with Crippen LogP contribution in [0.1, 0.15) is 32.6 Å². The van der Waals surface area contributed by atoms with E-state index in [9.17, 15) is 20.1 Å². The molecule has 100 valence electrons. The van der Waals surface area contributed by atoms with Gasteiger partial charge < -0.3 is 15.3 Å². The van der Waals surface area contributed by atoms with Crippen molar-refractivity contribution in [2.45, 2.75) is 6.92 Å². The van der Waals surface area contributed by atoms with Crippen LogP contribution < -0.4 is 0 Å². The second-order valence-corrected chi connectivity index (χ2v) is 4.71. The third-order valence-electron chi connectivity index (χ3n) is 3.53. The number of benzene rings is 2. The first-order chi connectivity index (χ1) is 9.43. The van der Waals surface area contributed by atoms with E-state index in [0.717, 1.165) is 0 Å². The molecule has 20 heavy (non-hydrogen) atoms. The Bertz CT molecular complexity index is 725. The average Bonchev–Trinajstić information content (AvgIpc) is 2.42. The summed E-state index contributed by atoms with van der Waals surface area (Å²) in [5.41, 5.74) is 0.832. The summed E-state index contributed by atoms with van der Waals surface area (Å²) in [6.07, 6.45) is 0. The molecule has 0 amide bonds. The molecule has 5 heteroatoms. The van der Waals surface area contributed by atoms with Crippen LogP contribution in [-0.4, -0.2) is 26.8 Å². The Morgan fingerprint density at radius 3 is 2.25 bits per heavy atom. The van der Waals surface area contributed by atoms with Crippen LogP contribution in [0, 0.1) is 12.3 Å². The zero-order valence-electron chi connectivity index (χ0n) is 10.6. The van der Waals surface area contributed by atoms with Gasteiger partial charge in [0, 0.05) is 11.1 Å². The Labute approximate surface area is 114 Å². The fraction of sp³-hybridized carbons (Fsp3) is 0.0667. The Balaban J connectivity index is 2.40. The van der Waals surface area contributed by atoms with Gasteiger partial charge in [-0.1, -0.05) is 12.1 Å². The van der Waals surface area contributed by atoms with Crippen LogP contribution in [0.5, 0.6) is 17.2 Å². The van der Waals surface area contributed by atoms with Gasteiger partial charge in [0.1, 0.15) is 5.75 Å². The summed E-state index contributed by atoms with van der Waals surface area (Å²) >= 11 is 0. The van der Waals surface area contributed by atoms with Crippen molar-refractivity contribution in [3.8, 4) is 17.2 Å². The number of ketones is 1. The first-order valence-corrected chi connectivity index (χ1v) is 5.95. The summed E-state index contributed by atoms with van der Waals surface area (Å²) in [5.74, 6) is -1.51. The van der Waals surface area contributed by atoms with Gasteiger partial charge in [0.2, 0.25) is 0 Å². The minimum Gasteiger partial charge on any atom is -0.507 e. The molecule has 0 bridgehead atoms. The molecular formula is C15H11NO4. The molecule has 0 fully saturated rings. The van der Waals surface area contributed by atoms with Crippen LogP contribution in [0.4, 0.5) is 0 Å². The van der Waals surface area contributed by atoms with Gasteiger partial charge in [-0.2, -0.15) is 0 Å². The molecule has 0 heterocycles. The first kappa shape index (κ1) is 12.2. The van der Waals surface area contributed by atoms with Crippen molar-refractivity contribution in [1.82, 2.24) is 0 Å². The Hall–Kier alpha value is -2.82. The number of aromatic hydroxyl groups is 3. The number of carbonyl (C=O) groups is 1. The number of hydrogen-bond donors (Lipinski definition) is 4. The van der Waals surface area contributed by atoms with Crippen LogP contribution in [0.3, 0.4) is 0 Å². The molecule has 2 aromatic rings. The third-order valence-corrected chi connectivity index (χ3v) is 3.53. The largest absolute Gasteiger partial charge is 0.507 e. The lowest BCUT2D eigenvalue weighted by atomic mass is 9.81. The highest BCUT2D eigenvalue weighted by atomic mass is 16.3. The van der Waals surface area contributed by atoms with Gasteiger partial charge in [-0.05, 0) is 24.6 Å². The van der Waals surface area contributed by atoms with Crippen LogP contribution in [0.2, 0.25) is 0 Å². The predicted octanol–water partition coefficient (Wildman–Crippen LogP) is 2.07. The molecule has 1 aliphatic carbocycles. The number of fused-ring (bicyclic) bond motifs is 2. The fourth-order valence-electron chi connectivity index (χ4n) is 2.43. The zero-order valence-corrected chi connectivity index (χ0v) is 10.6. The molecule has 0 aromatic heterocycles. The molecule has 0 spiro atoms. The molecule has 0 saturated carbocycles. The number of phenolic OH excluding ortho intramolecular Hbond substituents is 3. The van der Waals surface area contributed by atoms with Crippen molar-refractivity contribution in [1.29, 1.82) is 5.41 Å². The van der Waals surface area contributed by atoms with Crippen LogP contribution in [-0.2, 0) is 0 Å². The van der Waals surface area contributed by atoms with Gasteiger partial charge in [-0.3, -0.25) is 10.2 Å². The SMILES string of the molecule is Cc1ccc2c(c1O)C(=O)c1ccc(O)c(O)c1C2=N. The molecule has 0 atom stereocenters. The minimum absolute atomic E-state index is 0.00856. The van der Waals surface area contributed by atoms with E-state index in [1.807, 2.05) is 0 Å².